The van der Waals surface area contributed by atoms with Crippen molar-refractivity contribution < 1.29 is 0 Å². The standard InChI is InChI=1S/C15H32N4/c1-6-17-15(2,14-16)10-7-8-12-19(5)13-9-11-18(3)4/h17H,6-13H2,1-5H3. The van der Waals surface area contributed by atoms with Gasteiger partial charge in [-0.25, -0.2) is 0 Å². The minimum absolute atomic E-state index is 0.349. The van der Waals surface area contributed by atoms with Gasteiger partial charge in [0.15, 0.2) is 0 Å². The van der Waals surface area contributed by atoms with E-state index in [1.165, 1.54) is 12.8 Å². The molecule has 0 amide bonds. The zero-order valence-electron chi connectivity index (χ0n) is 13.5. The van der Waals surface area contributed by atoms with E-state index < -0.39 is 0 Å². The van der Waals surface area contributed by atoms with Crippen LogP contribution in [-0.2, 0) is 0 Å². The van der Waals surface area contributed by atoms with Gasteiger partial charge in [0.05, 0.1) is 6.07 Å². The van der Waals surface area contributed by atoms with Gasteiger partial charge in [-0.05, 0) is 79.9 Å². The average Bonchev–Trinajstić information content (AvgIpc) is 2.34. The molecular formula is C15H32N4. The lowest BCUT2D eigenvalue weighted by Gasteiger charge is -2.23. The van der Waals surface area contributed by atoms with Crippen molar-refractivity contribution >= 4 is 0 Å². The number of hydrogen-bond acceptors (Lipinski definition) is 4. The Bertz CT molecular complexity index is 259. The number of nitrogens with one attached hydrogen (secondary N) is 1. The number of rotatable bonds is 11. The number of nitriles is 1. The van der Waals surface area contributed by atoms with Gasteiger partial charge in [-0.3, -0.25) is 5.32 Å². The molecule has 0 saturated heterocycles. The van der Waals surface area contributed by atoms with Gasteiger partial charge >= 0.3 is 0 Å². The van der Waals surface area contributed by atoms with Crippen molar-refractivity contribution in [2.45, 2.75) is 45.1 Å². The van der Waals surface area contributed by atoms with Crippen LogP contribution in [0.3, 0.4) is 0 Å². The van der Waals surface area contributed by atoms with Crippen molar-refractivity contribution in [2.24, 2.45) is 0 Å². The Morgan fingerprint density at radius 2 is 1.68 bits per heavy atom. The topological polar surface area (TPSA) is 42.3 Å². The smallest absolute Gasteiger partial charge is 0.103 e. The molecule has 0 heterocycles. The molecule has 0 bridgehead atoms. The molecule has 112 valence electrons. The predicted octanol–water partition coefficient (Wildman–Crippen LogP) is 1.93. The zero-order valence-corrected chi connectivity index (χ0v) is 13.5. The summed E-state index contributed by atoms with van der Waals surface area (Å²) in [5.74, 6) is 0. The summed E-state index contributed by atoms with van der Waals surface area (Å²) >= 11 is 0. The van der Waals surface area contributed by atoms with Gasteiger partial charge in [-0.2, -0.15) is 5.26 Å². The van der Waals surface area contributed by atoms with E-state index in [1.807, 2.05) is 13.8 Å². The Balaban J connectivity index is 3.65. The molecule has 0 saturated carbocycles. The second-order valence-corrected chi connectivity index (χ2v) is 5.89. The van der Waals surface area contributed by atoms with Gasteiger partial charge in [0.1, 0.15) is 5.54 Å². The first-order chi connectivity index (χ1) is 8.93. The Labute approximate surface area is 119 Å². The maximum atomic E-state index is 9.17. The number of hydrogen-bond donors (Lipinski definition) is 1. The number of unbranched alkanes of at least 4 members (excludes halogenated alkanes) is 1. The lowest BCUT2D eigenvalue weighted by Crippen LogP contribution is -2.40. The monoisotopic (exact) mass is 268 g/mol. The first kappa shape index (κ1) is 18.4. The van der Waals surface area contributed by atoms with Crippen LogP contribution < -0.4 is 5.32 Å². The molecule has 1 N–H and O–H groups in total. The maximum absolute atomic E-state index is 9.17. The molecular weight excluding hydrogens is 236 g/mol. The summed E-state index contributed by atoms with van der Waals surface area (Å²) in [5.41, 5.74) is -0.349. The van der Waals surface area contributed by atoms with Crippen LogP contribution in [0.25, 0.3) is 0 Å². The third-order valence-electron chi connectivity index (χ3n) is 3.43. The Morgan fingerprint density at radius 3 is 2.21 bits per heavy atom. The molecule has 19 heavy (non-hydrogen) atoms. The van der Waals surface area contributed by atoms with Gasteiger partial charge in [-0.1, -0.05) is 6.92 Å². The van der Waals surface area contributed by atoms with Crippen LogP contribution in [0.1, 0.15) is 39.5 Å². The molecule has 0 aromatic heterocycles. The van der Waals surface area contributed by atoms with Crippen LogP contribution in [0.4, 0.5) is 0 Å². The summed E-state index contributed by atoms with van der Waals surface area (Å²) in [4.78, 5) is 4.61. The average molecular weight is 268 g/mol. The predicted molar refractivity (Wildman–Crippen MR) is 82.2 cm³/mol. The molecule has 0 radical (unpaired) electrons. The molecule has 1 unspecified atom stereocenters. The van der Waals surface area contributed by atoms with E-state index in [4.69, 9.17) is 5.26 Å². The highest BCUT2D eigenvalue weighted by atomic mass is 15.1. The summed E-state index contributed by atoms with van der Waals surface area (Å²) in [6.07, 6.45) is 4.43. The molecule has 0 aliphatic carbocycles. The van der Waals surface area contributed by atoms with Crippen molar-refractivity contribution in [2.75, 3.05) is 47.3 Å². The van der Waals surface area contributed by atoms with E-state index >= 15 is 0 Å². The normalized spacial score (nSPS) is 14.6. The third kappa shape index (κ3) is 9.89. The first-order valence-corrected chi connectivity index (χ1v) is 7.43. The van der Waals surface area contributed by atoms with Crippen molar-refractivity contribution in [3.63, 3.8) is 0 Å². The van der Waals surface area contributed by atoms with Crippen LogP contribution in [0.5, 0.6) is 0 Å². The summed E-state index contributed by atoms with van der Waals surface area (Å²) in [6.45, 7) is 8.33. The van der Waals surface area contributed by atoms with E-state index in [-0.39, 0.29) is 5.54 Å². The van der Waals surface area contributed by atoms with Crippen LogP contribution in [-0.4, -0.2) is 62.7 Å². The van der Waals surface area contributed by atoms with Crippen molar-refractivity contribution in [3.05, 3.63) is 0 Å². The summed E-state index contributed by atoms with van der Waals surface area (Å²) in [5, 5.41) is 12.4. The van der Waals surface area contributed by atoms with E-state index in [1.54, 1.807) is 0 Å². The minimum Gasteiger partial charge on any atom is -0.309 e. The van der Waals surface area contributed by atoms with E-state index in [0.29, 0.717) is 0 Å². The summed E-state index contributed by atoms with van der Waals surface area (Å²) < 4.78 is 0. The second kappa shape index (κ2) is 10.2. The first-order valence-electron chi connectivity index (χ1n) is 7.43. The quantitative estimate of drug-likeness (QED) is 0.582. The highest BCUT2D eigenvalue weighted by Crippen LogP contribution is 2.12. The second-order valence-electron chi connectivity index (χ2n) is 5.89. The minimum atomic E-state index is -0.349. The lowest BCUT2D eigenvalue weighted by molar-refractivity contribution is 0.289. The molecule has 0 rings (SSSR count). The van der Waals surface area contributed by atoms with Gasteiger partial charge in [0.25, 0.3) is 0 Å². The maximum Gasteiger partial charge on any atom is 0.103 e. The Hall–Kier alpha value is -0.630. The highest BCUT2D eigenvalue weighted by molar-refractivity contribution is 5.03. The van der Waals surface area contributed by atoms with Crippen LogP contribution in [0.2, 0.25) is 0 Å². The van der Waals surface area contributed by atoms with Crippen molar-refractivity contribution in [1.29, 1.82) is 5.26 Å². The van der Waals surface area contributed by atoms with Gasteiger partial charge in [0.2, 0.25) is 0 Å². The fourth-order valence-corrected chi connectivity index (χ4v) is 2.20. The van der Waals surface area contributed by atoms with Crippen molar-refractivity contribution in [3.8, 4) is 6.07 Å². The van der Waals surface area contributed by atoms with Gasteiger partial charge < -0.3 is 9.80 Å². The largest absolute Gasteiger partial charge is 0.309 e. The summed E-state index contributed by atoms with van der Waals surface area (Å²) in [6, 6.07) is 2.38. The van der Waals surface area contributed by atoms with E-state index in [2.05, 4.69) is 42.3 Å². The number of nitrogens with zero attached hydrogens (tertiary/aromatic N) is 3. The zero-order chi connectivity index (χ0) is 14.7. The SMILES string of the molecule is CCNC(C)(C#N)CCCCN(C)CCCN(C)C. The fourth-order valence-electron chi connectivity index (χ4n) is 2.20. The molecule has 0 spiro atoms. The van der Waals surface area contributed by atoms with Crippen LogP contribution in [0, 0.1) is 11.3 Å². The highest BCUT2D eigenvalue weighted by Gasteiger charge is 2.21. The van der Waals surface area contributed by atoms with Gasteiger partial charge in [-0.15, -0.1) is 0 Å². The fraction of sp³-hybridized carbons (Fsp3) is 0.933. The summed E-state index contributed by atoms with van der Waals surface area (Å²) in [7, 11) is 6.41. The molecule has 1 atom stereocenters. The van der Waals surface area contributed by atoms with Crippen LogP contribution >= 0.6 is 0 Å². The molecule has 0 aromatic rings. The lowest BCUT2D eigenvalue weighted by atomic mass is 9.96. The Kier molecular flexibility index (Phi) is 9.85. The van der Waals surface area contributed by atoms with E-state index in [9.17, 15) is 0 Å². The van der Waals surface area contributed by atoms with Crippen molar-refractivity contribution in [1.82, 2.24) is 15.1 Å². The molecule has 0 fully saturated rings. The molecule has 0 aliphatic rings. The molecule has 0 aromatic carbocycles. The Morgan fingerprint density at radius 1 is 1.05 bits per heavy atom. The van der Waals surface area contributed by atoms with Crippen LogP contribution in [0.15, 0.2) is 0 Å². The molecule has 4 heteroatoms. The van der Waals surface area contributed by atoms with E-state index in [0.717, 1.165) is 39.0 Å². The molecule has 0 aliphatic heterocycles. The third-order valence-corrected chi connectivity index (χ3v) is 3.43. The van der Waals surface area contributed by atoms with Gasteiger partial charge in [0, 0.05) is 0 Å². The molecule has 4 nitrogen and oxygen atoms in total.